The van der Waals surface area contributed by atoms with Crippen LogP contribution in [0, 0.1) is 5.82 Å². The monoisotopic (exact) mass is 345 g/mol. The summed E-state index contributed by atoms with van der Waals surface area (Å²) in [6, 6.07) is 4.31. The van der Waals surface area contributed by atoms with E-state index in [1.807, 2.05) is 12.3 Å². The van der Waals surface area contributed by atoms with Crippen LogP contribution in [0.5, 0.6) is 0 Å². The number of benzene rings is 1. The van der Waals surface area contributed by atoms with Crippen LogP contribution in [0.2, 0.25) is 0 Å². The molecule has 2 aliphatic rings. The van der Waals surface area contributed by atoms with E-state index in [1.165, 1.54) is 12.1 Å². The molecule has 1 aromatic carbocycles. The third-order valence-corrected chi connectivity index (χ3v) is 5.36. The molecule has 24 heavy (non-hydrogen) atoms. The molecule has 0 spiro atoms. The Labute approximate surface area is 142 Å². The van der Waals surface area contributed by atoms with Gasteiger partial charge < -0.3 is 15.2 Å². The molecule has 1 saturated heterocycles. The van der Waals surface area contributed by atoms with Gasteiger partial charge in [-0.05, 0) is 30.2 Å². The minimum atomic E-state index is -0.409. The number of aromatic nitrogens is 1. The first-order valence-corrected chi connectivity index (χ1v) is 8.78. The second kappa shape index (κ2) is 5.98. The van der Waals surface area contributed by atoms with Crippen LogP contribution >= 0.6 is 11.8 Å². The smallest absolute Gasteiger partial charge is 0.279 e. The van der Waals surface area contributed by atoms with Gasteiger partial charge in [0.15, 0.2) is 0 Å². The van der Waals surface area contributed by atoms with Crippen LogP contribution in [0.15, 0.2) is 30.5 Å². The van der Waals surface area contributed by atoms with Gasteiger partial charge >= 0.3 is 0 Å². The van der Waals surface area contributed by atoms with E-state index in [2.05, 4.69) is 10.3 Å². The fraction of sp³-hybridized carbons (Fsp3) is 0.294. The average molecular weight is 345 g/mol. The zero-order valence-corrected chi connectivity index (χ0v) is 13.7. The number of hydrogen-bond acceptors (Lipinski definition) is 3. The summed E-state index contributed by atoms with van der Waals surface area (Å²) >= 11 is 1.15. The van der Waals surface area contributed by atoms with E-state index in [0.29, 0.717) is 18.8 Å². The van der Waals surface area contributed by atoms with Gasteiger partial charge in [0.05, 0.1) is 0 Å². The molecule has 0 bridgehead atoms. The molecule has 1 unspecified atom stereocenters. The van der Waals surface area contributed by atoms with Crippen molar-refractivity contribution < 1.29 is 14.0 Å². The number of carbonyl (C=O) groups excluding carboxylic acids is 2. The Morgan fingerprint density at radius 1 is 1.38 bits per heavy atom. The quantitative estimate of drug-likeness (QED) is 0.880. The Bertz CT molecular complexity index is 861. The van der Waals surface area contributed by atoms with Crippen LogP contribution in [-0.4, -0.2) is 45.9 Å². The highest BCUT2D eigenvalue weighted by Gasteiger charge is 2.32. The SMILES string of the molecule is O=C1NC(C(=O)N2CC=C(c3c[nH]c4cc(F)ccc34)CC2)CS1. The maximum Gasteiger partial charge on any atom is 0.279 e. The van der Waals surface area contributed by atoms with Crippen LogP contribution in [-0.2, 0) is 4.79 Å². The molecule has 7 heteroatoms. The minimum Gasteiger partial charge on any atom is -0.360 e. The molecule has 124 valence electrons. The number of amides is 2. The Kier molecular flexibility index (Phi) is 3.80. The van der Waals surface area contributed by atoms with E-state index in [4.69, 9.17) is 0 Å². The number of H-pyrrole nitrogens is 1. The molecule has 2 aromatic rings. The number of halogens is 1. The van der Waals surface area contributed by atoms with Gasteiger partial charge in [-0.15, -0.1) is 0 Å². The van der Waals surface area contributed by atoms with E-state index in [-0.39, 0.29) is 17.0 Å². The van der Waals surface area contributed by atoms with Crippen LogP contribution in [0.3, 0.4) is 0 Å². The van der Waals surface area contributed by atoms with Gasteiger partial charge in [-0.1, -0.05) is 17.8 Å². The van der Waals surface area contributed by atoms with Crippen molar-refractivity contribution in [1.29, 1.82) is 0 Å². The first-order chi connectivity index (χ1) is 11.6. The lowest BCUT2D eigenvalue weighted by atomic mass is 9.98. The number of carbonyl (C=O) groups is 2. The Balaban J connectivity index is 1.51. The summed E-state index contributed by atoms with van der Waals surface area (Å²) in [6.45, 7) is 1.15. The molecule has 1 atom stereocenters. The lowest BCUT2D eigenvalue weighted by Crippen LogP contribution is -2.46. The molecule has 0 radical (unpaired) electrons. The van der Waals surface area contributed by atoms with E-state index in [1.54, 1.807) is 11.0 Å². The highest BCUT2D eigenvalue weighted by Crippen LogP contribution is 2.30. The first kappa shape index (κ1) is 15.3. The molecular formula is C17H16FN3O2S. The van der Waals surface area contributed by atoms with Gasteiger partial charge in [0.25, 0.3) is 5.24 Å². The fourth-order valence-electron chi connectivity index (χ4n) is 3.22. The molecule has 2 aliphatic heterocycles. The largest absolute Gasteiger partial charge is 0.360 e. The lowest BCUT2D eigenvalue weighted by molar-refractivity contribution is -0.132. The summed E-state index contributed by atoms with van der Waals surface area (Å²) in [4.78, 5) is 28.5. The summed E-state index contributed by atoms with van der Waals surface area (Å²) in [5.74, 6) is 0.213. The van der Waals surface area contributed by atoms with Crippen LogP contribution in [0.1, 0.15) is 12.0 Å². The molecule has 2 amide bonds. The van der Waals surface area contributed by atoms with Crippen molar-refractivity contribution in [3.05, 3.63) is 41.9 Å². The Morgan fingerprint density at radius 2 is 2.25 bits per heavy atom. The molecule has 1 fully saturated rings. The first-order valence-electron chi connectivity index (χ1n) is 7.80. The molecule has 0 aliphatic carbocycles. The number of fused-ring (bicyclic) bond motifs is 1. The standard InChI is InChI=1S/C17H16FN3O2S/c18-11-1-2-12-13(8-19-14(12)7-11)10-3-5-21(6-4-10)16(22)15-9-24-17(23)20-15/h1-3,7-8,15,19H,4-6,9H2,(H,20,23). The number of aromatic amines is 1. The van der Waals surface area contributed by atoms with E-state index in [0.717, 1.165) is 40.2 Å². The van der Waals surface area contributed by atoms with E-state index >= 15 is 0 Å². The van der Waals surface area contributed by atoms with Crippen molar-refractivity contribution in [2.45, 2.75) is 12.5 Å². The predicted molar refractivity (Wildman–Crippen MR) is 92.2 cm³/mol. The zero-order chi connectivity index (χ0) is 16.7. The van der Waals surface area contributed by atoms with Crippen molar-refractivity contribution in [1.82, 2.24) is 15.2 Å². The molecule has 0 saturated carbocycles. The number of thioether (sulfide) groups is 1. The molecule has 2 N–H and O–H groups in total. The molecular weight excluding hydrogens is 329 g/mol. The lowest BCUT2D eigenvalue weighted by Gasteiger charge is -2.28. The van der Waals surface area contributed by atoms with Crippen LogP contribution in [0.25, 0.3) is 16.5 Å². The van der Waals surface area contributed by atoms with E-state index in [9.17, 15) is 14.0 Å². The van der Waals surface area contributed by atoms with Gasteiger partial charge in [-0.25, -0.2) is 4.39 Å². The van der Waals surface area contributed by atoms with Gasteiger partial charge in [0, 0.05) is 41.5 Å². The second-order valence-electron chi connectivity index (χ2n) is 5.95. The van der Waals surface area contributed by atoms with Crippen molar-refractivity contribution in [3.8, 4) is 0 Å². The Hall–Kier alpha value is -2.28. The molecule has 1 aromatic heterocycles. The summed E-state index contributed by atoms with van der Waals surface area (Å²) < 4.78 is 13.3. The number of nitrogens with one attached hydrogen (secondary N) is 2. The topological polar surface area (TPSA) is 65.2 Å². The van der Waals surface area contributed by atoms with E-state index < -0.39 is 6.04 Å². The summed E-state index contributed by atoms with van der Waals surface area (Å²) in [5.41, 5.74) is 2.98. The van der Waals surface area contributed by atoms with Crippen molar-refractivity contribution >= 4 is 39.4 Å². The second-order valence-corrected chi connectivity index (χ2v) is 6.94. The number of rotatable bonds is 2. The highest BCUT2D eigenvalue weighted by atomic mass is 32.2. The summed E-state index contributed by atoms with van der Waals surface area (Å²) in [5, 5.41) is 3.55. The van der Waals surface area contributed by atoms with Crippen molar-refractivity contribution in [3.63, 3.8) is 0 Å². The average Bonchev–Trinajstić information content (AvgIpc) is 3.20. The van der Waals surface area contributed by atoms with Gasteiger partial charge in [-0.2, -0.15) is 0 Å². The van der Waals surface area contributed by atoms with Gasteiger partial charge in [0.2, 0.25) is 5.91 Å². The fourth-order valence-corrected chi connectivity index (χ4v) is 3.99. The molecule has 3 heterocycles. The third-order valence-electron chi connectivity index (χ3n) is 4.48. The van der Waals surface area contributed by atoms with Gasteiger partial charge in [-0.3, -0.25) is 9.59 Å². The van der Waals surface area contributed by atoms with Crippen molar-refractivity contribution in [2.75, 3.05) is 18.8 Å². The maximum atomic E-state index is 13.3. The third kappa shape index (κ3) is 2.69. The summed E-state index contributed by atoms with van der Waals surface area (Å²) in [6.07, 6.45) is 4.67. The summed E-state index contributed by atoms with van der Waals surface area (Å²) in [7, 11) is 0. The predicted octanol–water partition coefficient (Wildman–Crippen LogP) is 2.75. The highest BCUT2D eigenvalue weighted by molar-refractivity contribution is 8.14. The minimum absolute atomic E-state index is 0.0235. The normalized spacial score (nSPS) is 21.0. The van der Waals surface area contributed by atoms with Crippen LogP contribution in [0.4, 0.5) is 9.18 Å². The molecule has 4 rings (SSSR count). The zero-order valence-electron chi connectivity index (χ0n) is 12.8. The van der Waals surface area contributed by atoms with Crippen molar-refractivity contribution in [2.24, 2.45) is 0 Å². The number of hydrogen-bond donors (Lipinski definition) is 2. The maximum absolute atomic E-state index is 13.3. The molecule has 5 nitrogen and oxygen atoms in total. The Morgan fingerprint density at radius 3 is 2.96 bits per heavy atom. The van der Waals surface area contributed by atoms with Crippen LogP contribution < -0.4 is 5.32 Å². The van der Waals surface area contributed by atoms with Gasteiger partial charge in [0.1, 0.15) is 11.9 Å². The number of nitrogens with zero attached hydrogens (tertiary/aromatic N) is 1.